The van der Waals surface area contributed by atoms with Crippen molar-refractivity contribution in [1.29, 1.82) is 0 Å². The Morgan fingerprint density at radius 2 is 1.80 bits per heavy atom. The van der Waals surface area contributed by atoms with E-state index >= 15 is 0 Å². The van der Waals surface area contributed by atoms with E-state index in [1.165, 1.54) is 12.8 Å². The van der Waals surface area contributed by atoms with E-state index in [2.05, 4.69) is 33.6 Å². The molecule has 1 aliphatic carbocycles. The average Bonchev–Trinajstić information content (AvgIpc) is 3.44. The summed E-state index contributed by atoms with van der Waals surface area (Å²) in [6, 6.07) is 7.82. The molecule has 7 heteroatoms. The number of ketones is 2. The van der Waals surface area contributed by atoms with Gasteiger partial charge in [-0.1, -0.05) is 0 Å². The van der Waals surface area contributed by atoms with Crippen LogP contribution in [0.15, 0.2) is 33.7 Å². The van der Waals surface area contributed by atoms with Crippen molar-refractivity contribution in [3.8, 4) is 11.5 Å². The number of Topliss-reactive ketones (excluding diaryl/α,β-unsaturated/α-hetero) is 2. The van der Waals surface area contributed by atoms with Crippen LogP contribution in [0.1, 0.15) is 54.2 Å². The van der Waals surface area contributed by atoms with Gasteiger partial charge >= 0.3 is 0 Å². The number of likely N-dealkylation sites (tertiary alicyclic amines) is 1. The second kappa shape index (κ2) is 8.92. The Labute approximate surface area is 176 Å². The van der Waals surface area contributed by atoms with Crippen molar-refractivity contribution in [2.24, 2.45) is 4.99 Å². The third-order valence-corrected chi connectivity index (χ3v) is 5.85. The molecule has 0 radical (unpaired) electrons. The van der Waals surface area contributed by atoms with Crippen LogP contribution in [0, 0.1) is 0 Å². The van der Waals surface area contributed by atoms with Crippen molar-refractivity contribution >= 4 is 23.0 Å². The van der Waals surface area contributed by atoms with Crippen molar-refractivity contribution in [1.82, 2.24) is 9.88 Å². The number of rotatable bonds is 7. The zero-order valence-corrected chi connectivity index (χ0v) is 17.7. The molecule has 2 aliphatic rings. The number of hydrogen-bond donors (Lipinski definition) is 0. The van der Waals surface area contributed by atoms with Gasteiger partial charge in [-0.15, -0.1) is 0 Å². The highest BCUT2D eigenvalue weighted by Gasteiger charge is 2.35. The van der Waals surface area contributed by atoms with Crippen LogP contribution in [0.5, 0.6) is 0 Å². The molecule has 0 atom stereocenters. The second-order valence-electron chi connectivity index (χ2n) is 7.72. The maximum Gasteiger partial charge on any atom is 0.244 e. The molecule has 0 N–H and O–H groups in total. The normalized spacial score (nSPS) is 18.3. The highest BCUT2D eigenvalue weighted by Crippen LogP contribution is 2.28. The number of carbonyl (C=O) groups is 2. The number of fused-ring (bicyclic) bond motifs is 1. The van der Waals surface area contributed by atoms with E-state index in [-0.39, 0.29) is 35.2 Å². The molecule has 158 valence electrons. The number of carbonyl (C=O) groups excluding carboxylic acids is 2. The van der Waals surface area contributed by atoms with Crippen LogP contribution in [0.4, 0.5) is 5.69 Å². The van der Waals surface area contributed by atoms with Gasteiger partial charge in [-0.25, -0.2) is 4.98 Å². The van der Waals surface area contributed by atoms with Crippen molar-refractivity contribution in [2.45, 2.75) is 33.1 Å². The lowest BCUT2D eigenvalue weighted by molar-refractivity contribution is 0.0949. The average molecular weight is 409 g/mol. The van der Waals surface area contributed by atoms with Gasteiger partial charge in [0, 0.05) is 30.9 Å². The van der Waals surface area contributed by atoms with Gasteiger partial charge < -0.3 is 14.2 Å². The first-order chi connectivity index (χ1) is 14.6. The summed E-state index contributed by atoms with van der Waals surface area (Å²) < 4.78 is 5.75. The summed E-state index contributed by atoms with van der Waals surface area (Å²) in [6.45, 7) is 9.58. The molecule has 30 heavy (non-hydrogen) atoms. The standard InChI is InChI=1S/C23H28N4O3/c1-3-27(4-2)17-9-7-16(8-10-17)23-25-20-19(28)15-18(21(29)22(20)30-23)24-11-14-26-12-5-6-13-26/h7-10H,3-6,11-15H2,1-2H3. The van der Waals surface area contributed by atoms with Gasteiger partial charge in [0.25, 0.3) is 0 Å². The first kappa shape index (κ1) is 20.5. The van der Waals surface area contributed by atoms with E-state index in [0.29, 0.717) is 12.4 Å². The van der Waals surface area contributed by atoms with Crippen LogP contribution in [-0.4, -0.2) is 66.4 Å². The van der Waals surface area contributed by atoms with E-state index in [1.807, 2.05) is 24.3 Å². The Hall–Kier alpha value is -2.80. The van der Waals surface area contributed by atoms with E-state index in [9.17, 15) is 9.59 Å². The molecule has 0 bridgehead atoms. The number of oxazole rings is 1. The monoisotopic (exact) mass is 408 g/mol. The number of nitrogens with zero attached hydrogens (tertiary/aromatic N) is 4. The predicted octanol–water partition coefficient (Wildman–Crippen LogP) is 3.49. The van der Waals surface area contributed by atoms with Crippen LogP contribution < -0.4 is 4.90 Å². The van der Waals surface area contributed by atoms with Crippen molar-refractivity contribution in [3.05, 3.63) is 35.7 Å². The van der Waals surface area contributed by atoms with Crippen molar-refractivity contribution < 1.29 is 14.0 Å². The first-order valence-electron chi connectivity index (χ1n) is 10.8. The minimum Gasteiger partial charge on any atom is -0.432 e. The zero-order chi connectivity index (χ0) is 21.1. The van der Waals surface area contributed by atoms with Gasteiger partial charge in [0.05, 0.1) is 18.7 Å². The Kier molecular flexibility index (Phi) is 6.08. The summed E-state index contributed by atoms with van der Waals surface area (Å²) >= 11 is 0. The molecule has 0 saturated carbocycles. The molecule has 0 amide bonds. The molecule has 1 saturated heterocycles. The summed E-state index contributed by atoms with van der Waals surface area (Å²) in [6.07, 6.45) is 2.43. The molecular formula is C23H28N4O3. The summed E-state index contributed by atoms with van der Waals surface area (Å²) in [7, 11) is 0. The van der Waals surface area contributed by atoms with Gasteiger partial charge in [-0.3, -0.25) is 14.6 Å². The van der Waals surface area contributed by atoms with E-state index in [1.54, 1.807) is 0 Å². The minimum atomic E-state index is -0.315. The Morgan fingerprint density at radius 1 is 1.10 bits per heavy atom. The maximum atomic E-state index is 12.8. The van der Waals surface area contributed by atoms with E-state index in [0.717, 1.165) is 44.0 Å². The largest absolute Gasteiger partial charge is 0.432 e. The van der Waals surface area contributed by atoms with Crippen molar-refractivity contribution in [3.63, 3.8) is 0 Å². The Balaban J connectivity index is 1.52. The predicted molar refractivity (Wildman–Crippen MR) is 117 cm³/mol. The highest BCUT2D eigenvalue weighted by atomic mass is 16.4. The SMILES string of the molecule is CCN(CC)c1ccc(-c2nc3c(o2)C(=O)C(=NCCN2CCCC2)CC3=O)cc1. The summed E-state index contributed by atoms with van der Waals surface area (Å²) in [5.74, 6) is -0.205. The molecule has 0 unspecified atom stereocenters. The summed E-state index contributed by atoms with van der Waals surface area (Å²) in [5.41, 5.74) is 2.26. The fraction of sp³-hybridized carbons (Fsp3) is 0.478. The second-order valence-corrected chi connectivity index (χ2v) is 7.72. The Bertz CT molecular complexity index is 951. The lowest BCUT2D eigenvalue weighted by atomic mass is 9.97. The highest BCUT2D eigenvalue weighted by molar-refractivity contribution is 6.51. The first-order valence-corrected chi connectivity index (χ1v) is 10.8. The molecule has 2 heterocycles. The quantitative estimate of drug-likeness (QED) is 0.698. The van der Waals surface area contributed by atoms with E-state index in [4.69, 9.17) is 4.42 Å². The number of aromatic nitrogens is 1. The molecule has 1 aromatic carbocycles. The molecular weight excluding hydrogens is 380 g/mol. The number of benzene rings is 1. The molecule has 7 nitrogen and oxygen atoms in total. The summed E-state index contributed by atoms with van der Waals surface area (Å²) in [4.78, 5) is 38.7. The van der Waals surface area contributed by atoms with Crippen LogP contribution in [0.3, 0.4) is 0 Å². The lowest BCUT2D eigenvalue weighted by Crippen LogP contribution is -2.28. The number of aliphatic imine (C=N–C) groups is 1. The van der Waals surface area contributed by atoms with Crippen LogP contribution in [0.25, 0.3) is 11.5 Å². The van der Waals surface area contributed by atoms with Gasteiger partial charge in [-0.05, 0) is 64.0 Å². The van der Waals surface area contributed by atoms with Gasteiger partial charge in [0.1, 0.15) is 0 Å². The van der Waals surface area contributed by atoms with Crippen molar-refractivity contribution in [2.75, 3.05) is 44.2 Å². The van der Waals surface area contributed by atoms with Gasteiger partial charge in [0.15, 0.2) is 11.5 Å². The molecule has 2 aromatic rings. The van der Waals surface area contributed by atoms with Crippen LogP contribution in [0.2, 0.25) is 0 Å². The number of anilines is 1. The third-order valence-electron chi connectivity index (χ3n) is 5.85. The third kappa shape index (κ3) is 4.07. The fourth-order valence-electron chi connectivity index (χ4n) is 4.10. The topological polar surface area (TPSA) is 79.0 Å². The summed E-state index contributed by atoms with van der Waals surface area (Å²) in [5, 5.41) is 0. The minimum absolute atomic E-state index is 0.00129. The van der Waals surface area contributed by atoms with Gasteiger partial charge in [-0.2, -0.15) is 0 Å². The molecule has 4 rings (SSSR count). The molecule has 1 aliphatic heterocycles. The van der Waals surface area contributed by atoms with Gasteiger partial charge in [0.2, 0.25) is 17.4 Å². The smallest absolute Gasteiger partial charge is 0.244 e. The zero-order valence-electron chi connectivity index (χ0n) is 17.7. The molecule has 1 aromatic heterocycles. The molecule has 0 spiro atoms. The molecule has 1 fully saturated rings. The lowest BCUT2D eigenvalue weighted by Gasteiger charge is -2.20. The number of hydrogen-bond acceptors (Lipinski definition) is 7. The van der Waals surface area contributed by atoms with Crippen LogP contribution >= 0.6 is 0 Å². The van der Waals surface area contributed by atoms with E-state index < -0.39 is 0 Å². The Morgan fingerprint density at radius 3 is 2.47 bits per heavy atom. The van der Waals surface area contributed by atoms with Crippen LogP contribution in [-0.2, 0) is 0 Å². The fourth-order valence-corrected chi connectivity index (χ4v) is 4.10. The maximum absolute atomic E-state index is 12.8.